The number of aliphatic hydroxyl groups is 2. The lowest BCUT2D eigenvalue weighted by molar-refractivity contribution is -0.0834. The lowest BCUT2D eigenvalue weighted by atomic mass is 9.62. The minimum atomic E-state index is -0.975. The maximum Gasteiger partial charge on any atom is 0.0987 e. The van der Waals surface area contributed by atoms with Gasteiger partial charge in [-0.3, -0.25) is 4.98 Å². The van der Waals surface area contributed by atoms with Crippen molar-refractivity contribution >= 4 is 6.08 Å². The molecule has 1 fully saturated rings. The molecule has 5 rings (SSSR count). The van der Waals surface area contributed by atoms with Crippen LogP contribution in [0.1, 0.15) is 55.7 Å². The van der Waals surface area contributed by atoms with Gasteiger partial charge in [0.1, 0.15) is 0 Å². The van der Waals surface area contributed by atoms with Crippen LogP contribution in [0.15, 0.2) is 66.5 Å². The van der Waals surface area contributed by atoms with Gasteiger partial charge in [-0.15, -0.1) is 0 Å². The van der Waals surface area contributed by atoms with Gasteiger partial charge in [-0.25, -0.2) is 4.68 Å². The molecule has 1 unspecified atom stereocenters. The Morgan fingerprint density at radius 2 is 1.93 bits per heavy atom. The summed E-state index contributed by atoms with van der Waals surface area (Å²) in [7, 11) is 0. The molecular formula is C25H27N3O2. The molecule has 2 aliphatic rings. The molecule has 3 aromatic rings. The number of hydrogen-bond donors (Lipinski definition) is 2. The molecule has 30 heavy (non-hydrogen) atoms. The molecule has 2 heterocycles. The third kappa shape index (κ3) is 2.84. The SMILES string of the molecule is CC[C@]12Cc3cnn(-c4ccccc4)c3C=C1CC[C@@]2(O)CC(O)c1ccccn1. The van der Waals surface area contributed by atoms with E-state index in [9.17, 15) is 10.2 Å². The van der Waals surface area contributed by atoms with Crippen LogP contribution in [0.2, 0.25) is 0 Å². The Balaban J connectivity index is 1.51. The molecule has 5 heteroatoms. The Morgan fingerprint density at radius 3 is 2.67 bits per heavy atom. The molecule has 3 atom stereocenters. The first kappa shape index (κ1) is 19.2. The number of rotatable bonds is 5. The molecule has 2 aromatic heterocycles. The Bertz CT molecular complexity index is 1080. The first-order valence-corrected chi connectivity index (χ1v) is 10.7. The van der Waals surface area contributed by atoms with Gasteiger partial charge in [-0.2, -0.15) is 5.10 Å². The predicted molar refractivity (Wildman–Crippen MR) is 116 cm³/mol. The Labute approximate surface area is 176 Å². The standard InChI is InChI=1S/C25H27N3O2/c1-2-24-15-18-17-27-28(20-8-4-3-5-9-20)22(18)14-19(24)11-12-25(24,30)16-23(29)21-10-6-7-13-26-21/h3-10,13-14,17,23,29-30H,2,11-12,15-16H2,1H3/t23?,24-,25+/m0/s1. The summed E-state index contributed by atoms with van der Waals surface area (Å²) in [6.07, 6.45) is 8.39. The van der Waals surface area contributed by atoms with Crippen LogP contribution in [0.4, 0.5) is 0 Å². The fourth-order valence-electron chi connectivity index (χ4n) is 5.53. The van der Waals surface area contributed by atoms with E-state index in [1.54, 1.807) is 6.20 Å². The quantitative estimate of drug-likeness (QED) is 0.670. The van der Waals surface area contributed by atoms with Gasteiger partial charge in [-0.05, 0) is 61.6 Å². The van der Waals surface area contributed by atoms with Crippen molar-refractivity contribution in [2.24, 2.45) is 5.41 Å². The highest BCUT2D eigenvalue weighted by atomic mass is 16.3. The van der Waals surface area contributed by atoms with Gasteiger partial charge in [0.2, 0.25) is 0 Å². The number of fused-ring (bicyclic) bond motifs is 2. The van der Waals surface area contributed by atoms with Crippen molar-refractivity contribution in [3.8, 4) is 5.69 Å². The molecule has 0 saturated heterocycles. The van der Waals surface area contributed by atoms with E-state index in [0.29, 0.717) is 12.1 Å². The minimum absolute atomic E-state index is 0.289. The van der Waals surface area contributed by atoms with Gasteiger partial charge >= 0.3 is 0 Å². The average Bonchev–Trinajstić information content (AvgIpc) is 3.32. The third-order valence-electron chi connectivity index (χ3n) is 7.17. The van der Waals surface area contributed by atoms with Crippen LogP contribution in [0.3, 0.4) is 0 Å². The van der Waals surface area contributed by atoms with Crippen molar-refractivity contribution in [3.05, 3.63) is 83.4 Å². The third-order valence-corrected chi connectivity index (χ3v) is 7.17. The Kier molecular flexibility index (Phi) is 4.60. The van der Waals surface area contributed by atoms with Crippen LogP contribution < -0.4 is 0 Å². The number of hydrogen-bond acceptors (Lipinski definition) is 4. The summed E-state index contributed by atoms with van der Waals surface area (Å²) in [6.45, 7) is 2.14. The summed E-state index contributed by atoms with van der Waals surface area (Å²) in [5.74, 6) is 0. The highest BCUT2D eigenvalue weighted by Crippen LogP contribution is 2.59. The second-order valence-corrected chi connectivity index (χ2v) is 8.59. The van der Waals surface area contributed by atoms with Crippen molar-refractivity contribution < 1.29 is 10.2 Å². The Morgan fingerprint density at radius 1 is 1.13 bits per heavy atom. The summed E-state index contributed by atoms with van der Waals surface area (Å²) in [6, 6.07) is 15.7. The van der Waals surface area contributed by atoms with Crippen LogP contribution in [0.25, 0.3) is 11.8 Å². The topological polar surface area (TPSA) is 71.2 Å². The van der Waals surface area contributed by atoms with Crippen LogP contribution >= 0.6 is 0 Å². The van der Waals surface area contributed by atoms with Gasteiger partial charge in [-0.1, -0.05) is 36.8 Å². The molecule has 0 spiro atoms. The number of nitrogens with zero attached hydrogens (tertiary/aromatic N) is 3. The summed E-state index contributed by atoms with van der Waals surface area (Å²) in [4.78, 5) is 4.29. The monoisotopic (exact) mass is 401 g/mol. The van der Waals surface area contributed by atoms with Gasteiger partial charge in [0.25, 0.3) is 0 Å². The van der Waals surface area contributed by atoms with E-state index < -0.39 is 11.7 Å². The van der Waals surface area contributed by atoms with E-state index in [0.717, 1.165) is 36.2 Å². The largest absolute Gasteiger partial charge is 0.389 e. The highest BCUT2D eigenvalue weighted by Gasteiger charge is 2.57. The van der Waals surface area contributed by atoms with Crippen LogP contribution in [0, 0.1) is 5.41 Å². The van der Waals surface area contributed by atoms with Gasteiger partial charge in [0.05, 0.1) is 35.0 Å². The molecule has 154 valence electrons. The molecular weight excluding hydrogens is 374 g/mol. The van der Waals surface area contributed by atoms with E-state index in [-0.39, 0.29) is 11.8 Å². The van der Waals surface area contributed by atoms with Crippen LogP contribution in [-0.2, 0) is 6.42 Å². The minimum Gasteiger partial charge on any atom is -0.389 e. The number of aromatic nitrogens is 3. The summed E-state index contributed by atoms with van der Waals surface area (Å²) < 4.78 is 1.99. The number of pyridine rings is 1. The van der Waals surface area contributed by atoms with E-state index in [2.05, 4.69) is 35.2 Å². The first-order chi connectivity index (χ1) is 14.6. The molecule has 0 radical (unpaired) electrons. The van der Waals surface area contributed by atoms with E-state index in [4.69, 9.17) is 0 Å². The molecule has 1 saturated carbocycles. The maximum atomic E-state index is 11.9. The van der Waals surface area contributed by atoms with Gasteiger partial charge in [0, 0.05) is 18.0 Å². The molecule has 0 aliphatic heterocycles. The highest BCUT2D eigenvalue weighted by molar-refractivity contribution is 5.63. The molecule has 0 bridgehead atoms. The summed E-state index contributed by atoms with van der Waals surface area (Å²) in [5.41, 5.74) is 3.83. The Hall–Kier alpha value is -2.76. The van der Waals surface area contributed by atoms with Crippen LogP contribution in [0.5, 0.6) is 0 Å². The zero-order chi connectivity index (χ0) is 20.8. The average molecular weight is 402 g/mol. The van der Waals surface area contributed by atoms with E-state index >= 15 is 0 Å². The van der Waals surface area contributed by atoms with Gasteiger partial charge in [0.15, 0.2) is 0 Å². The van der Waals surface area contributed by atoms with Crippen molar-refractivity contribution in [2.75, 3.05) is 0 Å². The molecule has 5 nitrogen and oxygen atoms in total. The lowest BCUT2D eigenvalue weighted by Gasteiger charge is -2.45. The predicted octanol–water partition coefficient (Wildman–Crippen LogP) is 4.25. The van der Waals surface area contributed by atoms with Gasteiger partial charge < -0.3 is 10.2 Å². The molecule has 2 N–H and O–H groups in total. The summed E-state index contributed by atoms with van der Waals surface area (Å²) in [5, 5.41) is 27.3. The fraction of sp³-hybridized carbons (Fsp3) is 0.360. The van der Waals surface area contributed by atoms with Crippen molar-refractivity contribution in [2.45, 2.75) is 50.7 Å². The van der Waals surface area contributed by atoms with E-state index in [1.165, 1.54) is 5.57 Å². The normalized spacial score (nSPS) is 26.0. The smallest absolute Gasteiger partial charge is 0.0987 e. The van der Waals surface area contributed by atoms with Crippen molar-refractivity contribution in [1.82, 2.24) is 14.8 Å². The molecule has 1 aromatic carbocycles. The molecule has 0 amide bonds. The lowest BCUT2D eigenvalue weighted by Crippen LogP contribution is -2.48. The van der Waals surface area contributed by atoms with Crippen molar-refractivity contribution in [1.29, 1.82) is 0 Å². The summed E-state index contributed by atoms with van der Waals surface area (Å²) >= 11 is 0. The number of benzene rings is 1. The zero-order valence-corrected chi connectivity index (χ0v) is 17.2. The molecule has 2 aliphatic carbocycles. The van der Waals surface area contributed by atoms with E-state index in [1.807, 2.05) is 47.3 Å². The second-order valence-electron chi connectivity index (χ2n) is 8.59. The number of para-hydroxylation sites is 1. The van der Waals surface area contributed by atoms with Crippen molar-refractivity contribution in [3.63, 3.8) is 0 Å². The van der Waals surface area contributed by atoms with Crippen LogP contribution in [-0.4, -0.2) is 30.6 Å². The second kappa shape index (κ2) is 7.18. The first-order valence-electron chi connectivity index (χ1n) is 10.7. The number of aliphatic hydroxyl groups excluding tert-OH is 1. The fourth-order valence-corrected chi connectivity index (χ4v) is 5.53. The zero-order valence-electron chi connectivity index (χ0n) is 17.2. The maximum absolute atomic E-state index is 11.9.